The lowest BCUT2D eigenvalue weighted by Crippen LogP contribution is -2.12. The monoisotopic (exact) mass is 394 g/mol. The number of nitrogens with zero attached hydrogens (tertiary/aromatic N) is 1. The second-order valence-electron chi connectivity index (χ2n) is 7.36. The molecule has 1 N–H and O–H groups in total. The Hall–Kier alpha value is -2.39. The molecule has 3 aromatic rings. The molecule has 146 valence electrons. The van der Waals surface area contributed by atoms with Gasteiger partial charge < -0.3 is 5.32 Å². The number of halogens is 1. The van der Waals surface area contributed by atoms with Crippen LogP contribution >= 0.6 is 11.6 Å². The third-order valence-corrected chi connectivity index (χ3v) is 5.83. The van der Waals surface area contributed by atoms with Crippen molar-refractivity contribution < 1.29 is 4.79 Å². The number of hydrogen-bond donors (Lipinski definition) is 1. The van der Waals surface area contributed by atoms with E-state index in [1.54, 1.807) is 24.3 Å². The lowest BCUT2D eigenvalue weighted by Gasteiger charge is -2.28. The van der Waals surface area contributed by atoms with Crippen LogP contribution in [0.3, 0.4) is 0 Å². The highest BCUT2D eigenvalue weighted by molar-refractivity contribution is 6.30. The lowest BCUT2D eigenvalue weighted by molar-refractivity contribution is -0.105. The predicted molar refractivity (Wildman–Crippen MR) is 118 cm³/mol. The van der Waals surface area contributed by atoms with Crippen LogP contribution in [-0.4, -0.2) is 11.4 Å². The minimum Gasteiger partial charge on any atom is -0.329 e. The van der Waals surface area contributed by atoms with E-state index >= 15 is 0 Å². The number of anilines is 1. The van der Waals surface area contributed by atoms with Crippen molar-refractivity contribution in [3.8, 4) is 0 Å². The van der Waals surface area contributed by atoms with Crippen LogP contribution in [0.25, 0.3) is 10.9 Å². The summed E-state index contributed by atoms with van der Waals surface area (Å²) in [6.07, 6.45) is 9.56. The highest BCUT2D eigenvalue weighted by atomic mass is 35.5. The van der Waals surface area contributed by atoms with Crippen molar-refractivity contribution in [2.75, 3.05) is 5.32 Å². The van der Waals surface area contributed by atoms with Gasteiger partial charge in [0.2, 0.25) is 6.41 Å². The number of benzene rings is 2. The smallest absolute Gasteiger partial charge is 0.211 e. The predicted octanol–water partition coefficient (Wildman–Crippen LogP) is 6.83. The van der Waals surface area contributed by atoms with Crippen LogP contribution in [0.1, 0.15) is 50.5 Å². The third-order valence-electron chi connectivity index (χ3n) is 5.58. The maximum atomic E-state index is 9.92. The summed E-state index contributed by atoms with van der Waals surface area (Å²) < 4.78 is 0. The van der Waals surface area contributed by atoms with Gasteiger partial charge in [0.15, 0.2) is 0 Å². The molecule has 0 saturated heterocycles. The zero-order valence-corrected chi connectivity index (χ0v) is 17.0. The maximum absolute atomic E-state index is 9.92. The summed E-state index contributed by atoms with van der Waals surface area (Å²) in [6.45, 7) is 2.32. The summed E-state index contributed by atoms with van der Waals surface area (Å²) in [5, 5.41) is 4.44. The molecule has 1 aliphatic rings. The Labute approximate surface area is 172 Å². The number of rotatable bonds is 4. The molecule has 1 aromatic heterocycles. The summed E-state index contributed by atoms with van der Waals surface area (Å²) >= 11 is 5.60. The average Bonchev–Trinajstić information content (AvgIpc) is 2.76. The molecule has 0 atom stereocenters. The van der Waals surface area contributed by atoms with Gasteiger partial charge in [0, 0.05) is 22.3 Å². The molecule has 1 amide bonds. The Bertz CT molecular complexity index is 887. The van der Waals surface area contributed by atoms with Gasteiger partial charge in [-0.1, -0.05) is 43.1 Å². The molecule has 28 heavy (non-hydrogen) atoms. The van der Waals surface area contributed by atoms with Crippen molar-refractivity contribution >= 4 is 34.6 Å². The number of aromatic nitrogens is 1. The second kappa shape index (κ2) is 10.2. The van der Waals surface area contributed by atoms with Crippen molar-refractivity contribution in [3.63, 3.8) is 0 Å². The van der Waals surface area contributed by atoms with E-state index in [1.807, 2.05) is 0 Å². The Morgan fingerprint density at radius 1 is 1.07 bits per heavy atom. The van der Waals surface area contributed by atoms with Gasteiger partial charge in [0.1, 0.15) is 0 Å². The topological polar surface area (TPSA) is 42.0 Å². The highest BCUT2D eigenvalue weighted by Crippen LogP contribution is 2.37. The van der Waals surface area contributed by atoms with E-state index < -0.39 is 0 Å². The summed E-state index contributed by atoms with van der Waals surface area (Å²) in [4.78, 5) is 14.5. The summed E-state index contributed by atoms with van der Waals surface area (Å²) in [7, 11) is 0. The van der Waals surface area contributed by atoms with Crippen molar-refractivity contribution in [1.29, 1.82) is 0 Å². The van der Waals surface area contributed by atoms with E-state index in [1.165, 1.54) is 43.1 Å². The third kappa shape index (κ3) is 5.56. The number of pyridine rings is 1. The fourth-order valence-electron chi connectivity index (χ4n) is 3.83. The second-order valence-corrected chi connectivity index (χ2v) is 7.79. The molecule has 0 radical (unpaired) electrons. The fourth-order valence-corrected chi connectivity index (χ4v) is 3.96. The SMILES string of the molecule is CCC1CCC(c2cnc3ccccc3c2)CC1.O=CNc1ccc(Cl)cc1. The Morgan fingerprint density at radius 2 is 1.79 bits per heavy atom. The van der Waals surface area contributed by atoms with Crippen LogP contribution < -0.4 is 5.32 Å². The first-order chi connectivity index (χ1) is 13.7. The van der Waals surface area contributed by atoms with E-state index in [4.69, 9.17) is 11.6 Å². The van der Waals surface area contributed by atoms with Crippen molar-refractivity contribution in [3.05, 3.63) is 71.4 Å². The molecule has 1 saturated carbocycles. The molecule has 0 aliphatic heterocycles. The maximum Gasteiger partial charge on any atom is 0.211 e. The Balaban J connectivity index is 0.000000192. The molecule has 0 unspecified atom stereocenters. The van der Waals surface area contributed by atoms with Gasteiger partial charge in [0.05, 0.1) is 5.52 Å². The molecule has 4 heteroatoms. The number of para-hydroxylation sites is 1. The largest absolute Gasteiger partial charge is 0.329 e. The van der Waals surface area contributed by atoms with Gasteiger partial charge in [-0.25, -0.2) is 0 Å². The van der Waals surface area contributed by atoms with E-state index in [9.17, 15) is 4.79 Å². The van der Waals surface area contributed by atoms with E-state index in [0.717, 1.165) is 23.0 Å². The number of carbonyl (C=O) groups is 1. The van der Waals surface area contributed by atoms with Crippen LogP contribution in [0.5, 0.6) is 0 Å². The fraction of sp³-hybridized carbons (Fsp3) is 0.333. The van der Waals surface area contributed by atoms with Crippen LogP contribution in [0, 0.1) is 5.92 Å². The first-order valence-corrected chi connectivity index (χ1v) is 10.4. The Kier molecular flexibility index (Phi) is 7.44. The number of carbonyl (C=O) groups excluding carboxylic acids is 1. The molecule has 0 bridgehead atoms. The molecule has 1 fully saturated rings. The lowest BCUT2D eigenvalue weighted by atomic mass is 9.78. The van der Waals surface area contributed by atoms with Gasteiger partial charge in [-0.05, 0) is 79.5 Å². The average molecular weight is 395 g/mol. The number of nitrogens with one attached hydrogen (secondary N) is 1. The van der Waals surface area contributed by atoms with Gasteiger partial charge in [-0.2, -0.15) is 0 Å². The van der Waals surface area contributed by atoms with E-state index in [2.05, 4.69) is 53.8 Å². The van der Waals surface area contributed by atoms with Gasteiger partial charge in [-0.3, -0.25) is 9.78 Å². The number of fused-ring (bicyclic) bond motifs is 1. The first-order valence-electron chi connectivity index (χ1n) is 10.00. The highest BCUT2D eigenvalue weighted by Gasteiger charge is 2.21. The summed E-state index contributed by atoms with van der Waals surface area (Å²) in [5.74, 6) is 1.71. The summed E-state index contributed by atoms with van der Waals surface area (Å²) in [6, 6.07) is 17.7. The van der Waals surface area contributed by atoms with Gasteiger partial charge in [-0.15, -0.1) is 0 Å². The van der Waals surface area contributed by atoms with Crippen molar-refractivity contribution in [2.24, 2.45) is 5.92 Å². The molecule has 4 rings (SSSR count). The molecule has 3 nitrogen and oxygen atoms in total. The zero-order valence-electron chi connectivity index (χ0n) is 16.3. The number of amides is 1. The van der Waals surface area contributed by atoms with Crippen LogP contribution in [0.4, 0.5) is 5.69 Å². The minimum absolute atomic E-state index is 0.628. The van der Waals surface area contributed by atoms with Gasteiger partial charge >= 0.3 is 0 Å². The molecule has 1 heterocycles. The standard InChI is InChI=1S/C17H21N.C7H6ClNO/c1-2-13-7-9-14(10-8-13)16-11-15-5-3-4-6-17(15)18-12-16;8-6-1-3-7(4-2-6)9-5-10/h3-6,11-14H,2,7-10H2,1H3;1-5H,(H,9,10). The number of hydrogen-bond acceptors (Lipinski definition) is 2. The molecular weight excluding hydrogens is 368 g/mol. The van der Waals surface area contributed by atoms with Gasteiger partial charge in [0.25, 0.3) is 0 Å². The molecule has 0 spiro atoms. The molecule has 2 aromatic carbocycles. The van der Waals surface area contributed by atoms with Crippen LogP contribution in [0.15, 0.2) is 60.8 Å². The van der Waals surface area contributed by atoms with Crippen LogP contribution in [0.2, 0.25) is 5.02 Å². The minimum atomic E-state index is 0.628. The first kappa shape index (κ1) is 20.3. The molecule has 1 aliphatic carbocycles. The van der Waals surface area contributed by atoms with Crippen LogP contribution in [-0.2, 0) is 4.79 Å². The quantitative estimate of drug-likeness (QED) is 0.493. The zero-order chi connectivity index (χ0) is 19.8. The van der Waals surface area contributed by atoms with Crippen molar-refractivity contribution in [2.45, 2.75) is 44.9 Å². The van der Waals surface area contributed by atoms with E-state index in [-0.39, 0.29) is 0 Å². The molecular formula is C24H27ClN2O. The normalized spacial score (nSPS) is 18.8. The Morgan fingerprint density at radius 3 is 2.46 bits per heavy atom. The summed E-state index contributed by atoms with van der Waals surface area (Å²) in [5.41, 5.74) is 3.31. The van der Waals surface area contributed by atoms with E-state index in [0.29, 0.717) is 11.4 Å². The van der Waals surface area contributed by atoms with Crippen molar-refractivity contribution in [1.82, 2.24) is 4.98 Å².